The molecule has 5 nitrogen and oxygen atoms in total. The van der Waals surface area contributed by atoms with E-state index in [1.807, 2.05) is 0 Å². The average Bonchev–Trinajstić information content (AvgIpc) is 2.45. The number of phenolic OH excluding ortho intramolecular Hbond substituents is 1. The minimum atomic E-state index is -0.522. The lowest BCUT2D eigenvalue weighted by molar-refractivity contribution is 0.102. The van der Waals surface area contributed by atoms with Crippen LogP contribution in [0, 0.1) is 4.91 Å². The predicted molar refractivity (Wildman–Crippen MR) is 83.0 cm³/mol. The van der Waals surface area contributed by atoms with Gasteiger partial charge >= 0.3 is 0 Å². The Morgan fingerprint density at radius 3 is 2.38 bits per heavy atom. The molecule has 1 amide bonds. The van der Waals surface area contributed by atoms with E-state index in [2.05, 4.69) is 10.5 Å². The highest BCUT2D eigenvalue weighted by Gasteiger charge is 2.13. The van der Waals surface area contributed by atoms with Crippen molar-refractivity contribution in [1.82, 2.24) is 0 Å². The Balaban J connectivity index is 2.29. The number of nitrogens with zero attached hydrogens (tertiary/aromatic N) is 1. The monoisotopic (exact) mass is 344 g/mol. The molecule has 2 aromatic rings. The summed E-state index contributed by atoms with van der Waals surface area (Å²) in [7, 11) is 0. The molecule has 0 unspecified atom stereocenters. The maximum absolute atomic E-state index is 12.0. The summed E-state index contributed by atoms with van der Waals surface area (Å²) in [6, 6.07) is 6.62. The topological polar surface area (TPSA) is 78.8 Å². The highest BCUT2D eigenvalue weighted by Crippen LogP contribution is 2.35. The molecule has 0 heterocycles. The van der Waals surface area contributed by atoms with Gasteiger partial charge < -0.3 is 10.4 Å². The number of aromatic hydroxyl groups is 1. The van der Waals surface area contributed by atoms with Crippen molar-refractivity contribution in [2.75, 3.05) is 5.32 Å². The normalized spacial score (nSPS) is 10.2. The number of carbonyl (C=O) groups is 1. The summed E-state index contributed by atoms with van der Waals surface area (Å²) in [6.07, 6.45) is 0. The number of rotatable bonds is 3. The van der Waals surface area contributed by atoms with Gasteiger partial charge in [0.25, 0.3) is 5.91 Å². The van der Waals surface area contributed by atoms with Gasteiger partial charge in [0.05, 0.1) is 20.8 Å². The van der Waals surface area contributed by atoms with E-state index in [9.17, 15) is 14.8 Å². The quantitative estimate of drug-likeness (QED) is 0.606. The summed E-state index contributed by atoms with van der Waals surface area (Å²) in [4.78, 5) is 22.5. The second kappa shape index (κ2) is 6.30. The van der Waals surface area contributed by atoms with Crippen LogP contribution in [0.3, 0.4) is 0 Å². The number of benzene rings is 2. The Morgan fingerprint density at radius 1 is 1.05 bits per heavy atom. The van der Waals surface area contributed by atoms with Gasteiger partial charge in [-0.3, -0.25) is 4.79 Å². The molecule has 2 N–H and O–H groups in total. The molecule has 0 atom stereocenters. The second-order valence-electron chi connectivity index (χ2n) is 4.00. The number of amides is 1. The fourth-order valence-electron chi connectivity index (χ4n) is 1.55. The number of hydrogen-bond acceptors (Lipinski definition) is 4. The van der Waals surface area contributed by atoms with Gasteiger partial charge in [-0.15, -0.1) is 4.91 Å². The molecule has 2 rings (SSSR count). The summed E-state index contributed by atoms with van der Waals surface area (Å²) < 4.78 is 0. The van der Waals surface area contributed by atoms with Gasteiger partial charge in [0.1, 0.15) is 11.4 Å². The van der Waals surface area contributed by atoms with Crippen LogP contribution in [0.2, 0.25) is 15.1 Å². The highest BCUT2D eigenvalue weighted by atomic mass is 35.5. The van der Waals surface area contributed by atoms with Crippen LogP contribution >= 0.6 is 34.8 Å². The third-order valence-electron chi connectivity index (χ3n) is 2.59. The standard InChI is InChI=1S/C13H7Cl3N2O3/c14-7-2-1-6(3-8(7)15)13(20)17-11-4-9(16)10(18-21)5-12(11)19/h1-5,19H,(H,17,20). The zero-order valence-corrected chi connectivity index (χ0v) is 12.5. The summed E-state index contributed by atoms with van der Waals surface area (Å²) in [5, 5.41) is 15.4. The van der Waals surface area contributed by atoms with Crippen molar-refractivity contribution in [1.29, 1.82) is 0 Å². The van der Waals surface area contributed by atoms with E-state index < -0.39 is 5.91 Å². The fourth-order valence-corrected chi connectivity index (χ4v) is 2.05. The SMILES string of the molecule is O=Nc1cc(O)c(NC(=O)c2ccc(Cl)c(Cl)c2)cc1Cl. The predicted octanol–water partition coefficient (Wildman–Crippen LogP) is 5.00. The van der Waals surface area contributed by atoms with Crippen LogP contribution in [0.1, 0.15) is 10.4 Å². The molecule has 21 heavy (non-hydrogen) atoms. The van der Waals surface area contributed by atoms with E-state index in [4.69, 9.17) is 34.8 Å². The van der Waals surface area contributed by atoms with Crippen molar-refractivity contribution in [2.45, 2.75) is 0 Å². The average molecular weight is 346 g/mol. The zero-order valence-electron chi connectivity index (χ0n) is 10.2. The third kappa shape index (κ3) is 3.44. The van der Waals surface area contributed by atoms with Gasteiger partial charge in [-0.1, -0.05) is 34.8 Å². The van der Waals surface area contributed by atoms with Gasteiger partial charge in [0.15, 0.2) is 0 Å². The van der Waals surface area contributed by atoms with Gasteiger partial charge in [0, 0.05) is 11.6 Å². The van der Waals surface area contributed by atoms with Crippen molar-refractivity contribution in [3.05, 3.63) is 55.9 Å². The van der Waals surface area contributed by atoms with Crippen LogP contribution in [-0.2, 0) is 0 Å². The molecule has 108 valence electrons. The molecule has 0 saturated heterocycles. The lowest BCUT2D eigenvalue weighted by atomic mass is 10.2. The molecule has 0 bridgehead atoms. The van der Waals surface area contributed by atoms with Crippen LogP contribution < -0.4 is 5.32 Å². The summed E-state index contributed by atoms with van der Waals surface area (Å²) in [5.41, 5.74) is 0.169. The number of halogens is 3. The van der Waals surface area contributed by atoms with Crippen LogP contribution in [-0.4, -0.2) is 11.0 Å². The van der Waals surface area contributed by atoms with Gasteiger partial charge in [-0.2, -0.15) is 0 Å². The molecule has 0 saturated carbocycles. The minimum Gasteiger partial charge on any atom is -0.506 e. The van der Waals surface area contributed by atoms with Crippen molar-refractivity contribution in [3.8, 4) is 5.75 Å². The number of phenols is 1. The Bertz CT molecular complexity index is 735. The van der Waals surface area contributed by atoms with Gasteiger partial charge in [-0.25, -0.2) is 0 Å². The number of hydrogen-bond donors (Lipinski definition) is 2. The maximum atomic E-state index is 12.0. The number of carbonyl (C=O) groups excluding carboxylic acids is 1. The Hall–Kier alpha value is -1.82. The molecule has 0 aliphatic heterocycles. The first-order valence-electron chi connectivity index (χ1n) is 5.54. The van der Waals surface area contributed by atoms with Crippen LogP contribution in [0.5, 0.6) is 5.75 Å². The van der Waals surface area contributed by atoms with E-state index in [0.717, 1.165) is 6.07 Å². The highest BCUT2D eigenvalue weighted by molar-refractivity contribution is 6.42. The maximum Gasteiger partial charge on any atom is 0.255 e. The first-order chi connectivity index (χ1) is 9.92. The Morgan fingerprint density at radius 2 is 1.76 bits per heavy atom. The summed E-state index contributed by atoms with van der Waals surface area (Å²) >= 11 is 17.4. The fraction of sp³-hybridized carbons (Fsp3) is 0. The largest absolute Gasteiger partial charge is 0.506 e. The van der Waals surface area contributed by atoms with Crippen molar-refractivity contribution in [3.63, 3.8) is 0 Å². The molecule has 0 fully saturated rings. The van der Waals surface area contributed by atoms with Crippen LogP contribution in [0.4, 0.5) is 11.4 Å². The van der Waals surface area contributed by atoms with Crippen molar-refractivity contribution < 1.29 is 9.90 Å². The third-order valence-corrected chi connectivity index (χ3v) is 3.64. The molecule has 0 spiro atoms. The molecule has 0 aliphatic rings. The first-order valence-corrected chi connectivity index (χ1v) is 6.68. The lowest BCUT2D eigenvalue weighted by Crippen LogP contribution is -2.12. The number of nitrogens with one attached hydrogen (secondary N) is 1. The van der Waals surface area contributed by atoms with Crippen molar-refractivity contribution in [2.24, 2.45) is 5.18 Å². The first kappa shape index (κ1) is 15.6. The molecular formula is C13H7Cl3N2O3. The molecule has 8 heteroatoms. The molecule has 0 radical (unpaired) electrons. The van der Waals surface area contributed by atoms with Crippen LogP contribution in [0.15, 0.2) is 35.5 Å². The molecule has 0 aromatic heterocycles. The van der Waals surface area contributed by atoms with Gasteiger partial charge in [0.2, 0.25) is 0 Å². The van der Waals surface area contributed by atoms with Crippen molar-refractivity contribution >= 4 is 52.1 Å². The van der Waals surface area contributed by atoms with E-state index in [0.29, 0.717) is 5.02 Å². The molecule has 2 aromatic carbocycles. The van der Waals surface area contributed by atoms with Crippen LogP contribution in [0.25, 0.3) is 0 Å². The Kier molecular flexibility index (Phi) is 4.67. The Labute approximate surface area is 134 Å². The minimum absolute atomic E-state index is 0.00670. The zero-order chi connectivity index (χ0) is 15.6. The number of anilines is 1. The number of nitroso groups, excluding NO2 is 1. The van der Waals surface area contributed by atoms with E-state index in [-0.39, 0.29) is 32.7 Å². The molecule has 0 aliphatic carbocycles. The lowest BCUT2D eigenvalue weighted by Gasteiger charge is -2.09. The van der Waals surface area contributed by atoms with E-state index >= 15 is 0 Å². The smallest absolute Gasteiger partial charge is 0.255 e. The second-order valence-corrected chi connectivity index (χ2v) is 5.22. The summed E-state index contributed by atoms with van der Waals surface area (Å²) in [6.45, 7) is 0. The summed E-state index contributed by atoms with van der Waals surface area (Å²) in [5.74, 6) is -0.853. The van der Waals surface area contributed by atoms with Gasteiger partial charge in [-0.05, 0) is 29.4 Å². The van der Waals surface area contributed by atoms with E-state index in [1.54, 1.807) is 0 Å². The van der Waals surface area contributed by atoms with E-state index in [1.165, 1.54) is 24.3 Å². The molecular weight excluding hydrogens is 339 g/mol.